The summed E-state index contributed by atoms with van der Waals surface area (Å²) < 4.78 is 10.9. The minimum absolute atomic E-state index is 0.261. The van der Waals surface area contributed by atoms with Crippen LogP contribution in [0, 0.1) is 0 Å². The van der Waals surface area contributed by atoms with Gasteiger partial charge in [0.15, 0.2) is 0 Å². The Bertz CT molecular complexity index is 182. The summed E-state index contributed by atoms with van der Waals surface area (Å²) in [6, 6.07) is 0. The fourth-order valence-electron chi connectivity index (χ4n) is 0.937. The molecular weight excluding hydrogens is 179 g/mol. The maximum atomic E-state index is 10.9. The lowest BCUT2D eigenvalue weighted by Crippen LogP contribution is -2.39. The summed E-state index contributed by atoms with van der Waals surface area (Å²) >= 11 is 0. The van der Waals surface area contributed by atoms with Crippen LogP contribution in [0.1, 0.15) is 26.2 Å². The second-order valence-corrected chi connectivity index (χ2v) is 4.87. The van der Waals surface area contributed by atoms with E-state index in [2.05, 4.69) is 0 Å². The number of nitrogens with two attached hydrogens (primary N) is 2. The standard InChI is InChI=1S/C6H17N2O3P/c1-2-6(8,4-3-5-7)12(9,10)11/h2-5,7-8H2,1H3,(H2,9,10,11). The molecule has 0 rings (SSSR count). The van der Waals surface area contributed by atoms with Crippen molar-refractivity contribution in [3.63, 3.8) is 0 Å². The molecule has 74 valence electrons. The van der Waals surface area contributed by atoms with E-state index in [0.29, 0.717) is 13.0 Å². The normalized spacial score (nSPS) is 17.4. The summed E-state index contributed by atoms with van der Waals surface area (Å²) in [7, 11) is -4.20. The van der Waals surface area contributed by atoms with E-state index < -0.39 is 12.9 Å². The molecule has 0 fully saturated rings. The molecular formula is C6H17N2O3P. The Labute approximate surface area is 72.3 Å². The molecule has 0 radical (unpaired) electrons. The molecule has 6 N–H and O–H groups in total. The van der Waals surface area contributed by atoms with Gasteiger partial charge in [-0.3, -0.25) is 4.57 Å². The van der Waals surface area contributed by atoms with Gasteiger partial charge in [-0.2, -0.15) is 0 Å². The molecule has 0 spiro atoms. The van der Waals surface area contributed by atoms with Crippen molar-refractivity contribution in [1.29, 1.82) is 0 Å². The van der Waals surface area contributed by atoms with Gasteiger partial charge in [-0.05, 0) is 25.8 Å². The average Bonchev–Trinajstić information content (AvgIpc) is 1.98. The van der Waals surface area contributed by atoms with E-state index in [1.54, 1.807) is 6.92 Å². The van der Waals surface area contributed by atoms with Crippen LogP contribution in [0.5, 0.6) is 0 Å². The Morgan fingerprint density at radius 2 is 2.00 bits per heavy atom. The highest BCUT2D eigenvalue weighted by Crippen LogP contribution is 2.51. The minimum Gasteiger partial charge on any atom is -0.330 e. The van der Waals surface area contributed by atoms with Gasteiger partial charge in [0.1, 0.15) is 5.28 Å². The summed E-state index contributed by atoms with van der Waals surface area (Å²) in [6.45, 7) is 2.06. The highest BCUT2D eigenvalue weighted by molar-refractivity contribution is 7.53. The van der Waals surface area contributed by atoms with Crippen molar-refractivity contribution in [2.24, 2.45) is 11.5 Å². The third-order valence-corrected chi connectivity index (χ3v) is 3.71. The van der Waals surface area contributed by atoms with E-state index in [9.17, 15) is 4.57 Å². The number of hydrogen-bond acceptors (Lipinski definition) is 3. The quantitative estimate of drug-likeness (QED) is 0.461. The molecule has 6 heteroatoms. The molecule has 5 nitrogen and oxygen atoms in total. The molecule has 0 aliphatic rings. The molecule has 0 saturated heterocycles. The summed E-state index contributed by atoms with van der Waals surface area (Å²) in [5, 5.41) is -1.38. The van der Waals surface area contributed by atoms with Crippen molar-refractivity contribution in [2.75, 3.05) is 6.54 Å². The van der Waals surface area contributed by atoms with Gasteiger partial charge >= 0.3 is 7.60 Å². The third-order valence-electron chi connectivity index (χ3n) is 2.01. The summed E-state index contributed by atoms with van der Waals surface area (Å²) in [4.78, 5) is 17.8. The molecule has 0 aliphatic heterocycles. The minimum atomic E-state index is -4.20. The van der Waals surface area contributed by atoms with E-state index in [1.165, 1.54) is 0 Å². The van der Waals surface area contributed by atoms with E-state index in [4.69, 9.17) is 21.3 Å². The van der Waals surface area contributed by atoms with Gasteiger partial charge in [-0.15, -0.1) is 0 Å². The van der Waals surface area contributed by atoms with Crippen molar-refractivity contribution in [1.82, 2.24) is 0 Å². The van der Waals surface area contributed by atoms with Gasteiger partial charge in [-0.1, -0.05) is 6.92 Å². The first-order valence-corrected chi connectivity index (χ1v) is 5.53. The van der Waals surface area contributed by atoms with E-state index in [-0.39, 0.29) is 12.8 Å². The second kappa shape index (κ2) is 4.35. The van der Waals surface area contributed by atoms with Gasteiger partial charge < -0.3 is 21.3 Å². The van der Waals surface area contributed by atoms with Crippen LogP contribution >= 0.6 is 7.60 Å². The molecule has 1 unspecified atom stereocenters. The van der Waals surface area contributed by atoms with Crippen LogP contribution in [0.15, 0.2) is 0 Å². The van der Waals surface area contributed by atoms with Crippen molar-refractivity contribution in [2.45, 2.75) is 31.5 Å². The summed E-state index contributed by atoms with van der Waals surface area (Å²) in [5.74, 6) is 0. The predicted molar refractivity (Wildman–Crippen MR) is 47.5 cm³/mol. The fourth-order valence-corrected chi connectivity index (χ4v) is 1.80. The van der Waals surface area contributed by atoms with Crippen LogP contribution in [0.2, 0.25) is 0 Å². The van der Waals surface area contributed by atoms with Crippen LogP contribution in [0.4, 0.5) is 0 Å². The molecule has 1 atom stereocenters. The lowest BCUT2D eigenvalue weighted by molar-refractivity contribution is 0.310. The molecule has 12 heavy (non-hydrogen) atoms. The first kappa shape index (κ1) is 12.1. The van der Waals surface area contributed by atoms with Gasteiger partial charge in [-0.25, -0.2) is 0 Å². The first-order valence-electron chi connectivity index (χ1n) is 3.92. The smallest absolute Gasteiger partial charge is 0.330 e. The zero-order chi connectivity index (χ0) is 9.83. The lowest BCUT2D eigenvalue weighted by Gasteiger charge is -2.28. The average molecular weight is 196 g/mol. The highest BCUT2D eigenvalue weighted by atomic mass is 31.2. The van der Waals surface area contributed by atoms with E-state index in [0.717, 1.165) is 0 Å². The van der Waals surface area contributed by atoms with Gasteiger partial charge in [0.2, 0.25) is 0 Å². The van der Waals surface area contributed by atoms with Crippen molar-refractivity contribution >= 4 is 7.60 Å². The Morgan fingerprint density at radius 1 is 1.50 bits per heavy atom. The van der Waals surface area contributed by atoms with E-state index in [1.807, 2.05) is 0 Å². The Hall–Kier alpha value is 0.0700. The third kappa shape index (κ3) is 2.84. The van der Waals surface area contributed by atoms with Crippen LogP contribution < -0.4 is 11.5 Å². The monoisotopic (exact) mass is 196 g/mol. The molecule has 0 aromatic heterocycles. The molecule has 0 aliphatic carbocycles. The number of hydrogen-bond donors (Lipinski definition) is 4. The molecule has 0 amide bonds. The molecule has 0 aromatic carbocycles. The molecule has 0 saturated carbocycles. The molecule has 0 aromatic rings. The van der Waals surface area contributed by atoms with Crippen LogP contribution in [0.25, 0.3) is 0 Å². The maximum Gasteiger partial charge on any atom is 0.345 e. The van der Waals surface area contributed by atoms with Crippen LogP contribution in [0.3, 0.4) is 0 Å². The highest BCUT2D eigenvalue weighted by Gasteiger charge is 2.40. The topological polar surface area (TPSA) is 110 Å². The van der Waals surface area contributed by atoms with E-state index >= 15 is 0 Å². The van der Waals surface area contributed by atoms with Crippen LogP contribution in [-0.4, -0.2) is 21.6 Å². The number of rotatable bonds is 5. The molecule has 0 bridgehead atoms. The summed E-state index contributed by atoms with van der Waals surface area (Å²) in [5.41, 5.74) is 10.8. The Morgan fingerprint density at radius 3 is 2.25 bits per heavy atom. The largest absolute Gasteiger partial charge is 0.345 e. The van der Waals surface area contributed by atoms with Crippen molar-refractivity contribution < 1.29 is 14.4 Å². The lowest BCUT2D eigenvalue weighted by atomic mass is 10.1. The summed E-state index contributed by atoms with van der Waals surface area (Å²) in [6.07, 6.45) is 1.07. The Kier molecular flexibility index (Phi) is 4.37. The van der Waals surface area contributed by atoms with Gasteiger partial charge in [0, 0.05) is 0 Å². The van der Waals surface area contributed by atoms with Gasteiger partial charge in [0.25, 0.3) is 0 Å². The molecule has 0 heterocycles. The van der Waals surface area contributed by atoms with Gasteiger partial charge in [0.05, 0.1) is 0 Å². The zero-order valence-electron chi connectivity index (χ0n) is 7.23. The predicted octanol–water partition coefficient (Wildman–Crippen LogP) is -0.0320. The fraction of sp³-hybridized carbons (Fsp3) is 1.00. The van der Waals surface area contributed by atoms with Crippen LogP contribution in [-0.2, 0) is 4.57 Å². The maximum absolute atomic E-state index is 10.9. The first-order chi connectivity index (χ1) is 5.37. The van der Waals surface area contributed by atoms with Crippen molar-refractivity contribution in [3.8, 4) is 0 Å². The zero-order valence-corrected chi connectivity index (χ0v) is 8.13. The SMILES string of the molecule is CCC(N)(CCCN)P(=O)(O)O. The van der Waals surface area contributed by atoms with Crippen molar-refractivity contribution in [3.05, 3.63) is 0 Å². The Balaban J connectivity index is 4.35. The second-order valence-electron chi connectivity index (χ2n) is 2.89.